The Kier molecular flexibility index (Phi) is 7.84. The molecule has 0 aliphatic carbocycles. The summed E-state index contributed by atoms with van der Waals surface area (Å²) in [6.07, 6.45) is 2.51. The second kappa shape index (κ2) is 9.44. The van der Waals surface area contributed by atoms with Crippen LogP contribution < -0.4 is 10.1 Å². The minimum Gasteiger partial charge on any atom is -0.481 e. The van der Waals surface area contributed by atoms with Crippen LogP contribution in [-0.2, 0) is 0 Å². The standard InChI is InChI=1S/C18H27NO/c1-5-6-11-19-12-7-8-13-20-18-14-16(4)9-10-17(18)15(2)3/h9-10,14-15,19H,5-6,11-13H2,1-4H3/p+1. The van der Waals surface area contributed by atoms with Gasteiger partial charge in [0.1, 0.15) is 18.9 Å². The van der Waals surface area contributed by atoms with Crippen LogP contribution in [0.1, 0.15) is 50.7 Å². The highest BCUT2D eigenvalue weighted by atomic mass is 16.5. The average molecular weight is 274 g/mol. The number of aryl methyl sites for hydroxylation is 1. The maximum atomic E-state index is 5.82. The van der Waals surface area contributed by atoms with Crippen molar-refractivity contribution in [1.29, 1.82) is 0 Å². The monoisotopic (exact) mass is 274 g/mol. The molecule has 0 amide bonds. The fourth-order valence-electron chi connectivity index (χ4n) is 2.00. The summed E-state index contributed by atoms with van der Waals surface area (Å²) in [6, 6.07) is 6.39. The Morgan fingerprint density at radius 2 is 2.05 bits per heavy atom. The van der Waals surface area contributed by atoms with E-state index in [1.165, 1.54) is 30.5 Å². The number of benzene rings is 1. The van der Waals surface area contributed by atoms with Gasteiger partial charge in [-0.25, -0.2) is 0 Å². The Labute approximate surface area is 123 Å². The van der Waals surface area contributed by atoms with Crippen LogP contribution in [0.15, 0.2) is 18.2 Å². The van der Waals surface area contributed by atoms with Crippen molar-refractivity contribution in [3.8, 4) is 17.6 Å². The number of hydrogen-bond acceptors (Lipinski definition) is 1. The van der Waals surface area contributed by atoms with Gasteiger partial charge in [0.15, 0.2) is 0 Å². The first-order chi connectivity index (χ1) is 9.65. The summed E-state index contributed by atoms with van der Waals surface area (Å²) in [7, 11) is 0. The Bertz CT molecular complexity index is 454. The van der Waals surface area contributed by atoms with Crippen molar-refractivity contribution in [2.75, 3.05) is 19.7 Å². The molecule has 0 spiro atoms. The van der Waals surface area contributed by atoms with E-state index in [4.69, 9.17) is 4.74 Å². The highest BCUT2D eigenvalue weighted by Gasteiger charge is 2.07. The molecule has 2 nitrogen and oxygen atoms in total. The lowest BCUT2D eigenvalue weighted by molar-refractivity contribution is -0.644. The molecule has 0 saturated heterocycles. The molecule has 0 aliphatic rings. The van der Waals surface area contributed by atoms with Gasteiger partial charge in [0.25, 0.3) is 0 Å². The van der Waals surface area contributed by atoms with E-state index in [0.717, 1.165) is 12.3 Å². The highest BCUT2D eigenvalue weighted by molar-refractivity contribution is 5.39. The first-order valence-electron chi connectivity index (χ1n) is 7.65. The van der Waals surface area contributed by atoms with E-state index in [9.17, 15) is 0 Å². The molecule has 1 aromatic carbocycles. The van der Waals surface area contributed by atoms with Crippen LogP contribution in [0, 0.1) is 18.8 Å². The summed E-state index contributed by atoms with van der Waals surface area (Å²) in [5.74, 6) is 7.69. The van der Waals surface area contributed by atoms with Gasteiger partial charge in [-0.2, -0.15) is 0 Å². The van der Waals surface area contributed by atoms with E-state index in [0.29, 0.717) is 12.5 Å². The normalized spacial score (nSPS) is 10.2. The van der Waals surface area contributed by atoms with Gasteiger partial charge >= 0.3 is 0 Å². The number of hydrogen-bond donors (Lipinski definition) is 1. The van der Waals surface area contributed by atoms with Gasteiger partial charge in [-0.05, 0) is 42.4 Å². The fourth-order valence-corrected chi connectivity index (χ4v) is 2.00. The van der Waals surface area contributed by atoms with E-state index in [-0.39, 0.29) is 0 Å². The van der Waals surface area contributed by atoms with Gasteiger partial charge in [-0.1, -0.05) is 45.2 Å². The van der Waals surface area contributed by atoms with Crippen LogP contribution in [-0.4, -0.2) is 19.7 Å². The molecule has 20 heavy (non-hydrogen) atoms. The summed E-state index contributed by atoms with van der Waals surface area (Å²) < 4.78 is 5.82. The Morgan fingerprint density at radius 1 is 1.25 bits per heavy atom. The largest absolute Gasteiger partial charge is 0.481 e. The first kappa shape index (κ1) is 16.6. The number of nitrogens with two attached hydrogens (primary N) is 1. The molecule has 0 heterocycles. The zero-order chi connectivity index (χ0) is 14.8. The van der Waals surface area contributed by atoms with Crippen molar-refractivity contribution in [1.82, 2.24) is 0 Å². The molecule has 0 bridgehead atoms. The third-order valence-corrected chi connectivity index (χ3v) is 3.22. The second-order valence-corrected chi connectivity index (χ2v) is 5.47. The van der Waals surface area contributed by atoms with Crippen LogP contribution >= 0.6 is 0 Å². The molecule has 0 aromatic heterocycles. The van der Waals surface area contributed by atoms with Gasteiger partial charge in [-0.3, -0.25) is 0 Å². The maximum Gasteiger partial charge on any atom is 0.149 e. The number of rotatable bonds is 7. The van der Waals surface area contributed by atoms with Crippen LogP contribution in [0.3, 0.4) is 0 Å². The fraction of sp³-hybridized carbons (Fsp3) is 0.556. The van der Waals surface area contributed by atoms with Crippen LogP contribution in [0.25, 0.3) is 0 Å². The molecule has 1 rings (SSSR count). The molecule has 0 aliphatic heterocycles. The third kappa shape index (κ3) is 6.12. The highest BCUT2D eigenvalue weighted by Crippen LogP contribution is 2.27. The third-order valence-electron chi connectivity index (χ3n) is 3.22. The Morgan fingerprint density at radius 3 is 2.75 bits per heavy atom. The molecule has 0 unspecified atom stereocenters. The Hall–Kier alpha value is -1.46. The zero-order valence-corrected chi connectivity index (χ0v) is 13.3. The SMILES string of the molecule is CCCC[NH2+]CC#CCOc1cc(C)ccc1C(C)C. The molecule has 110 valence electrons. The summed E-state index contributed by atoms with van der Waals surface area (Å²) >= 11 is 0. The minimum absolute atomic E-state index is 0.473. The molecule has 0 fully saturated rings. The maximum absolute atomic E-state index is 5.82. The second-order valence-electron chi connectivity index (χ2n) is 5.47. The topological polar surface area (TPSA) is 25.8 Å². The van der Waals surface area contributed by atoms with E-state index in [2.05, 4.69) is 63.1 Å². The predicted octanol–water partition coefficient (Wildman–Crippen LogP) is 2.86. The predicted molar refractivity (Wildman–Crippen MR) is 85.1 cm³/mol. The van der Waals surface area contributed by atoms with Gasteiger partial charge in [0, 0.05) is 0 Å². The summed E-state index contributed by atoms with van der Waals surface area (Å²) in [5, 5.41) is 2.25. The van der Waals surface area contributed by atoms with E-state index in [1.807, 2.05) is 0 Å². The summed E-state index contributed by atoms with van der Waals surface area (Å²) in [6.45, 7) is 11.2. The molecule has 2 N–H and O–H groups in total. The molecule has 0 atom stereocenters. The summed E-state index contributed by atoms with van der Waals surface area (Å²) in [4.78, 5) is 0. The van der Waals surface area contributed by atoms with Crippen LogP contribution in [0.5, 0.6) is 5.75 Å². The van der Waals surface area contributed by atoms with Crippen molar-refractivity contribution < 1.29 is 10.1 Å². The zero-order valence-electron chi connectivity index (χ0n) is 13.3. The van der Waals surface area contributed by atoms with Crippen LogP contribution in [0.4, 0.5) is 0 Å². The molecule has 2 heteroatoms. The Balaban J connectivity index is 2.42. The van der Waals surface area contributed by atoms with Crippen molar-refractivity contribution >= 4 is 0 Å². The van der Waals surface area contributed by atoms with Crippen LogP contribution in [0.2, 0.25) is 0 Å². The van der Waals surface area contributed by atoms with E-state index in [1.54, 1.807) is 0 Å². The van der Waals surface area contributed by atoms with E-state index < -0.39 is 0 Å². The van der Waals surface area contributed by atoms with Crippen molar-refractivity contribution in [3.63, 3.8) is 0 Å². The molecular formula is C18H28NO+. The van der Waals surface area contributed by atoms with Crippen molar-refractivity contribution in [3.05, 3.63) is 29.3 Å². The molecular weight excluding hydrogens is 246 g/mol. The smallest absolute Gasteiger partial charge is 0.149 e. The van der Waals surface area contributed by atoms with Gasteiger partial charge in [0.2, 0.25) is 0 Å². The number of quaternary nitrogens is 1. The molecule has 1 aromatic rings. The average Bonchev–Trinajstić information content (AvgIpc) is 2.41. The first-order valence-corrected chi connectivity index (χ1v) is 7.65. The van der Waals surface area contributed by atoms with Crippen molar-refractivity contribution in [2.45, 2.75) is 46.5 Å². The number of unbranched alkanes of at least 4 members (excludes halogenated alkanes) is 1. The summed E-state index contributed by atoms with van der Waals surface area (Å²) in [5.41, 5.74) is 2.48. The van der Waals surface area contributed by atoms with E-state index >= 15 is 0 Å². The lowest BCUT2D eigenvalue weighted by atomic mass is 10.0. The number of ether oxygens (including phenoxy) is 1. The lowest BCUT2D eigenvalue weighted by Crippen LogP contribution is -2.84. The van der Waals surface area contributed by atoms with Gasteiger partial charge < -0.3 is 10.1 Å². The van der Waals surface area contributed by atoms with Crippen molar-refractivity contribution in [2.24, 2.45) is 0 Å². The molecule has 0 radical (unpaired) electrons. The van der Waals surface area contributed by atoms with Gasteiger partial charge in [0.05, 0.1) is 6.54 Å². The van der Waals surface area contributed by atoms with Gasteiger partial charge in [-0.15, -0.1) is 0 Å². The molecule has 0 saturated carbocycles. The minimum atomic E-state index is 0.473. The lowest BCUT2D eigenvalue weighted by Gasteiger charge is -2.13. The quantitative estimate of drug-likeness (QED) is 0.600.